The molecule has 0 aliphatic carbocycles. The molecule has 30 heavy (non-hydrogen) atoms. The zero-order chi connectivity index (χ0) is 21.5. The van der Waals surface area contributed by atoms with Gasteiger partial charge >= 0.3 is 0 Å². The van der Waals surface area contributed by atoms with E-state index in [0.717, 1.165) is 10.5 Å². The third kappa shape index (κ3) is 5.96. The summed E-state index contributed by atoms with van der Waals surface area (Å²) in [5.74, 6) is -1.36. The molecule has 3 N–H and O–H groups in total. The van der Waals surface area contributed by atoms with Crippen LogP contribution in [0.2, 0.25) is 0 Å². The number of likely N-dealkylation sites (N-methyl/N-ethyl adjacent to an activating group) is 1. The molecule has 0 saturated carbocycles. The van der Waals surface area contributed by atoms with Crippen LogP contribution in [-0.2, 0) is 11.3 Å². The van der Waals surface area contributed by atoms with Crippen molar-refractivity contribution in [3.8, 4) is 0 Å². The number of hydrogen-bond donors (Lipinski definition) is 3. The predicted molar refractivity (Wildman–Crippen MR) is 111 cm³/mol. The van der Waals surface area contributed by atoms with Crippen LogP contribution in [-0.4, -0.2) is 25.4 Å². The Bertz CT molecular complexity index is 1020. The van der Waals surface area contributed by atoms with Crippen LogP contribution in [0.5, 0.6) is 0 Å². The van der Waals surface area contributed by atoms with Crippen molar-refractivity contribution in [2.24, 2.45) is 0 Å². The molecule has 0 bridgehead atoms. The molecule has 1 unspecified atom stereocenters. The van der Waals surface area contributed by atoms with Crippen LogP contribution in [0.3, 0.4) is 0 Å². The number of nitrogens with one attached hydrogen (secondary N) is 3. The van der Waals surface area contributed by atoms with Crippen LogP contribution in [0.15, 0.2) is 72.8 Å². The summed E-state index contributed by atoms with van der Waals surface area (Å²) in [6.45, 7) is 0.728. The highest BCUT2D eigenvalue weighted by Gasteiger charge is 2.16. The lowest BCUT2D eigenvalue weighted by molar-refractivity contribution is -0.885. The van der Waals surface area contributed by atoms with Crippen molar-refractivity contribution in [1.82, 2.24) is 0 Å². The monoisotopic (exact) mass is 410 g/mol. The van der Waals surface area contributed by atoms with Crippen LogP contribution in [0, 0.1) is 11.6 Å². The topological polar surface area (TPSA) is 62.6 Å². The molecule has 3 aromatic carbocycles. The minimum atomic E-state index is -0.412. The lowest BCUT2D eigenvalue weighted by Gasteiger charge is -2.15. The van der Waals surface area contributed by atoms with Crippen LogP contribution in [0.25, 0.3) is 0 Å². The predicted octanol–water partition coefficient (Wildman–Crippen LogP) is 2.87. The van der Waals surface area contributed by atoms with Gasteiger partial charge in [0.05, 0.1) is 18.3 Å². The van der Waals surface area contributed by atoms with Gasteiger partial charge in [-0.15, -0.1) is 0 Å². The zero-order valence-corrected chi connectivity index (χ0v) is 16.4. The maximum Gasteiger partial charge on any atom is 0.279 e. The van der Waals surface area contributed by atoms with Gasteiger partial charge in [0.15, 0.2) is 6.54 Å². The highest BCUT2D eigenvalue weighted by molar-refractivity contribution is 6.10. The molecule has 0 radical (unpaired) electrons. The number of halogens is 2. The number of carbonyl (C=O) groups is 2. The molecule has 5 nitrogen and oxygen atoms in total. The summed E-state index contributed by atoms with van der Waals surface area (Å²) >= 11 is 0. The molecule has 0 aliphatic heterocycles. The highest BCUT2D eigenvalue weighted by atomic mass is 19.1. The number of carbonyl (C=O) groups excluding carboxylic acids is 2. The largest absolute Gasteiger partial charge is 0.326 e. The number of hydrogen-bond acceptors (Lipinski definition) is 2. The van der Waals surface area contributed by atoms with Gasteiger partial charge in [0.2, 0.25) is 0 Å². The van der Waals surface area contributed by atoms with Gasteiger partial charge < -0.3 is 15.5 Å². The van der Waals surface area contributed by atoms with Crippen LogP contribution >= 0.6 is 0 Å². The first-order valence-corrected chi connectivity index (χ1v) is 9.42. The van der Waals surface area contributed by atoms with Gasteiger partial charge in [0.25, 0.3) is 11.8 Å². The molecule has 2 amide bonds. The standard InChI is InChI=1S/C23H21F2N3O2/c1-28(14-16-6-8-17(24)9-7-16)15-22(29)27-21-5-3-2-4-20(21)23(30)26-19-12-10-18(25)11-13-19/h2-13H,14-15H2,1H3,(H,26,30)(H,27,29)/p+1. The fraction of sp³-hybridized carbons (Fsp3) is 0.130. The second-order valence-corrected chi connectivity index (χ2v) is 6.99. The van der Waals surface area contributed by atoms with E-state index in [4.69, 9.17) is 0 Å². The van der Waals surface area contributed by atoms with E-state index < -0.39 is 11.7 Å². The Labute approximate surface area is 173 Å². The first-order chi connectivity index (χ1) is 14.4. The van der Waals surface area contributed by atoms with Gasteiger partial charge in [-0.3, -0.25) is 9.59 Å². The summed E-state index contributed by atoms with van der Waals surface area (Å²) < 4.78 is 26.0. The molecule has 7 heteroatoms. The molecular weight excluding hydrogens is 388 g/mol. The van der Waals surface area contributed by atoms with E-state index in [0.29, 0.717) is 23.5 Å². The smallest absolute Gasteiger partial charge is 0.279 e. The number of amides is 2. The van der Waals surface area contributed by atoms with Crippen molar-refractivity contribution in [2.75, 3.05) is 24.2 Å². The van der Waals surface area contributed by atoms with Crippen molar-refractivity contribution < 1.29 is 23.3 Å². The third-order valence-corrected chi connectivity index (χ3v) is 4.43. The number of para-hydroxylation sites is 1. The Balaban J connectivity index is 1.61. The molecule has 0 spiro atoms. The number of rotatable bonds is 7. The first-order valence-electron chi connectivity index (χ1n) is 9.42. The van der Waals surface area contributed by atoms with E-state index in [-0.39, 0.29) is 18.3 Å². The quantitative estimate of drug-likeness (QED) is 0.561. The minimum absolute atomic E-state index is 0.172. The molecule has 0 saturated heterocycles. The van der Waals surface area contributed by atoms with Gasteiger partial charge in [-0.25, -0.2) is 8.78 Å². The number of quaternary nitrogens is 1. The Morgan fingerprint density at radius 2 is 1.43 bits per heavy atom. The van der Waals surface area contributed by atoms with Crippen molar-refractivity contribution in [3.05, 3.63) is 95.6 Å². The molecule has 0 aromatic heterocycles. The lowest BCUT2D eigenvalue weighted by atomic mass is 10.1. The van der Waals surface area contributed by atoms with E-state index in [9.17, 15) is 18.4 Å². The lowest BCUT2D eigenvalue weighted by Crippen LogP contribution is -3.08. The summed E-state index contributed by atoms with van der Waals surface area (Å²) in [7, 11) is 1.86. The second kappa shape index (κ2) is 9.76. The van der Waals surface area contributed by atoms with Crippen LogP contribution in [0.1, 0.15) is 15.9 Å². The van der Waals surface area contributed by atoms with Gasteiger partial charge in [0.1, 0.15) is 18.2 Å². The molecule has 1 atom stereocenters. The van der Waals surface area contributed by atoms with Crippen LogP contribution < -0.4 is 15.5 Å². The van der Waals surface area contributed by atoms with Crippen molar-refractivity contribution in [2.45, 2.75) is 6.54 Å². The molecule has 3 aromatic rings. The molecule has 3 rings (SSSR count). The Morgan fingerprint density at radius 1 is 0.833 bits per heavy atom. The van der Waals surface area contributed by atoms with Crippen molar-refractivity contribution in [1.29, 1.82) is 0 Å². The molecule has 0 heterocycles. The van der Waals surface area contributed by atoms with E-state index in [1.807, 2.05) is 7.05 Å². The summed E-state index contributed by atoms with van der Waals surface area (Å²) in [5.41, 5.74) is 2.05. The maximum atomic E-state index is 13.0. The van der Waals surface area contributed by atoms with Gasteiger partial charge in [-0.1, -0.05) is 24.3 Å². The van der Waals surface area contributed by atoms with E-state index in [2.05, 4.69) is 10.6 Å². The average molecular weight is 410 g/mol. The highest BCUT2D eigenvalue weighted by Crippen LogP contribution is 2.17. The minimum Gasteiger partial charge on any atom is -0.326 e. The third-order valence-electron chi connectivity index (χ3n) is 4.43. The van der Waals surface area contributed by atoms with Crippen molar-refractivity contribution in [3.63, 3.8) is 0 Å². The SMILES string of the molecule is C[NH+](CC(=O)Nc1ccccc1C(=O)Nc1ccc(F)cc1)Cc1ccc(F)cc1. The fourth-order valence-electron chi connectivity index (χ4n) is 3.00. The average Bonchev–Trinajstić information content (AvgIpc) is 2.71. The summed E-state index contributed by atoms with van der Waals surface area (Å²) in [6, 6.07) is 18.2. The normalized spacial score (nSPS) is 11.6. The Hall–Kier alpha value is -3.58. The molecule has 154 valence electrons. The van der Waals surface area contributed by atoms with Crippen LogP contribution in [0.4, 0.5) is 20.2 Å². The van der Waals surface area contributed by atoms with E-state index >= 15 is 0 Å². The van der Waals surface area contributed by atoms with Gasteiger partial charge in [0, 0.05) is 11.3 Å². The fourth-order valence-corrected chi connectivity index (χ4v) is 3.00. The Kier molecular flexibility index (Phi) is 6.87. The number of benzene rings is 3. The van der Waals surface area contributed by atoms with E-state index in [1.165, 1.54) is 36.4 Å². The zero-order valence-electron chi connectivity index (χ0n) is 16.4. The second-order valence-electron chi connectivity index (χ2n) is 6.99. The molecule has 0 fully saturated rings. The van der Waals surface area contributed by atoms with Gasteiger partial charge in [-0.05, 0) is 48.5 Å². The van der Waals surface area contributed by atoms with Gasteiger partial charge in [-0.2, -0.15) is 0 Å². The molecule has 0 aliphatic rings. The molecular formula is C23H22F2N3O2+. The maximum absolute atomic E-state index is 13.0. The van der Waals surface area contributed by atoms with Crippen molar-refractivity contribution >= 4 is 23.2 Å². The Morgan fingerprint density at radius 3 is 2.10 bits per heavy atom. The number of anilines is 2. The first kappa shape index (κ1) is 21.1. The summed E-state index contributed by atoms with van der Waals surface area (Å²) in [5, 5.41) is 5.46. The summed E-state index contributed by atoms with van der Waals surface area (Å²) in [6.07, 6.45) is 0. The summed E-state index contributed by atoms with van der Waals surface area (Å²) in [4.78, 5) is 26.0. The van der Waals surface area contributed by atoms with E-state index in [1.54, 1.807) is 36.4 Å².